The Hall–Kier alpha value is -1.51. The topological polar surface area (TPSA) is 105 Å². The summed E-state index contributed by atoms with van der Waals surface area (Å²) in [7, 11) is 0. The molecule has 0 aliphatic carbocycles. The number of ether oxygens (including phenoxy) is 2. The second-order valence-corrected chi connectivity index (χ2v) is 4.97. The Labute approximate surface area is 124 Å². The molecule has 7 heteroatoms. The van der Waals surface area contributed by atoms with Crippen LogP contribution in [-0.4, -0.2) is 24.0 Å². The summed E-state index contributed by atoms with van der Waals surface area (Å²) in [5, 5.41) is 0. The molecule has 104 valence electrons. The predicted molar refractivity (Wildman–Crippen MR) is 77.7 cm³/mol. The highest BCUT2D eigenvalue weighted by Gasteiger charge is 2.17. The molecule has 4 N–H and O–H groups in total. The Morgan fingerprint density at radius 2 is 1.42 bits per heavy atom. The van der Waals surface area contributed by atoms with Crippen LogP contribution in [0.25, 0.3) is 0 Å². The summed E-state index contributed by atoms with van der Waals surface area (Å²) in [6, 6.07) is 5.06. The summed E-state index contributed by atoms with van der Waals surface area (Å²) < 4.78 is 11.5. The van der Waals surface area contributed by atoms with Crippen LogP contribution in [0, 0.1) is 3.57 Å². The van der Waals surface area contributed by atoms with Gasteiger partial charge in [-0.3, -0.25) is 9.59 Å². The zero-order valence-corrected chi connectivity index (χ0v) is 12.7. The maximum absolute atomic E-state index is 11.0. The van der Waals surface area contributed by atoms with Crippen molar-refractivity contribution in [3.05, 3.63) is 21.8 Å². The van der Waals surface area contributed by atoms with Gasteiger partial charge in [0, 0.05) is 0 Å². The number of nitrogens with two attached hydrogens (primary N) is 2. The molecule has 1 aromatic carbocycles. The molecule has 6 nitrogen and oxygen atoms in total. The number of rotatable bonds is 6. The highest BCUT2D eigenvalue weighted by molar-refractivity contribution is 14.1. The van der Waals surface area contributed by atoms with Crippen LogP contribution in [0.1, 0.15) is 13.8 Å². The van der Waals surface area contributed by atoms with Crippen LogP contribution in [0.2, 0.25) is 0 Å². The van der Waals surface area contributed by atoms with Gasteiger partial charge in [0.25, 0.3) is 11.8 Å². The summed E-state index contributed by atoms with van der Waals surface area (Å²) >= 11 is 2.00. The molecule has 0 aliphatic heterocycles. The first-order chi connectivity index (χ1) is 8.82. The Balaban J connectivity index is 2.92. The van der Waals surface area contributed by atoms with E-state index in [2.05, 4.69) is 0 Å². The number of hydrogen-bond donors (Lipinski definition) is 2. The summed E-state index contributed by atoms with van der Waals surface area (Å²) in [5.41, 5.74) is 10.3. The second kappa shape index (κ2) is 6.60. The van der Waals surface area contributed by atoms with E-state index >= 15 is 0 Å². The van der Waals surface area contributed by atoms with E-state index in [9.17, 15) is 9.59 Å². The highest BCUT2D eigenvalue weighted by atomic mass is 127. The fourth-order valence-electron chi connectivity index (χ4n) is 1.17. The van der Waals surface area contributed by atoms with Crippen molar-refractivity contribution in [1.29, 1.82) is 0 Å². The van der Waals surface area contributed by atoms with Crippen LogP contribution in [0.3, 0.4) is 0 Å². The van der Waals surface area contributed by atoms with Gasteiger partial charge in [0.05, 0.1) is 3.57 Å². The fraction of sp³-hybridized carbons (Fsp3) is 0.333. The smallest absolute Gasteiger partial charge is 0.258 e. The van der Waals surface area contributed by atoms with E-state index in [1.807, 2.05) is 22.6 Å². The summed E-state index contributed by atoms with van der Waals surface area (Å²) in [5.74, 6) is -0.206. The standard InChI is InChI=1S/C12H15IN2O4/c1-6(11(14)16)18-8-4-3-5-9(10(8)13)19-7(2)12(15)17/h3-7H,1-2H3,(H2,14,16)(H2,15,17)/t6-,7-/m1/s1. The van der Waals surface area contributed by atoms with Crippen molar-refractivity contribution >= 4 is 34.4 Å². The molecule has 0 heterocycles. The van der Waals surface area contributed by atoms with Gasteiger partial charge in [-0.05, 0) is 48.6 Å². The molecule has 0 bridgehead atoms. The third kappa shape index (κ3) is 4.27. The lowest BCUT2D eigenvalue weighted by molar-refractivity contribution is -0.124. The Morgan fingerprint density at radius 1 is 1.05 bits per heavy atom. The quantitative estimate of drug-likeness (QED) is 0.715. The molecular weight excluding hydrogens is 363 g/mol. The molecule has 0 radical (unpaired) electrons. The molecule has 0 spiro atoms. The van der Waals surface area contributed by atoms with Gasteiger partial charge in [-0.15, -0.1) is 0 Å². The first-order valence-electron chi connectivity index (χ1n) is 5.53. The largest absolute Gasteiger partial charge is 0.480 e. The first-order valence-corrected chi connectivity index (χ1v) is 6.61. The van der Waals surface area contributed by atoms with Gasteiger partial charge in [-0.25, -0.2) is 0 Å². The molecule has 19 heavy (non-hydrogen) atoms. The molecule has 0 saturated heterocycles. The maximum Gasteiger partial charge on any atom is 0.258 e. The maximum atomic E-state index is 11.0. The minimum absolute atomic E-state index is 0.459. The van der Waals surface area contributed by atoms with Crippen molar-refractivity contribution in [2.75, 3.05) is 0 Å². The number of carbonyl (C=O) groups is 2. The van der Waals surface area contributed by atoms with E-state index in [0.717, 1.165) is 0 Å². The van der Waals surface area contributed by atoms with Crippen molar-refractivity contribution in [2.45, 2.75) is 26.1 Å². The number of hydrogen-bond acceptors (Lipinski definition) is 4. The minimum Gasteiger partial charge on any atom is -0.480 e. The van der Waals surface area contributed by atoms with Gasteiger partial charge in [0.2, 0.25) is 0 Å². The monoisotopic (exact) mass is 378 g/mol. The summed E-state index contributed by atoms with van der Waals surface area (Å²) in [4.78, 5) is 21.9. The van der Waals surface area contributed by atoms with Crippen molar-refractivity contribution in [3.8, 4) is 11.5 Å². The molecule has 2 atom stereocenters. The first kappa shape index (κ1) is 15.5. The van der Waals surface area contributed by atoms with Crippen LogP contribution in [0.5, 0.6) is 11.5 Å². The normalized spacial score (nSPS) is 13.4. The van der Waals surface area contributed by atoms with E-state index < -0.39 is 24.0 Å². The molecule has 1 rings (SSSR count). The lowest BCUT2D eigenvalue weighted by Gasteiger charge is -2.17. The van der Waals surface area contributed by atoms with Crippen molar-refractivity contribution in [1.82, 2.24) is 0 Å². The molecule has 1 aromatic rings. The number of amides is 2. The molecule has 0 saturated carbocycles. The van der Waals surface area contributed by atoms with Gasteiger partial charge in [-0.1, -0.05) is 6.07 Å². The Kier molecular flexibility index (Phi) is 5.40. The third-order valence-electron chi connectivity index (χ3n) is 2.34. The third-order valence-corrected chi connectivity index (χ3v) is 3.40. The van der Waals surface area contributed by atoms with Crippen molar-refractivity contribution < 1.29 is 19.1 Å². The molecule has 0 aromatic heterocycles. The Morgan fingerprint density at radius 3 is 1.74 bits per heavy atom. The average Bonchev–Trinajstić information content (AvgIpc) is 2.33. The lowest BCUT2D eigenvalue weighted by atomic mass is 10.3. The molecule has 0 fully saturated rings. The van der Waals surface area contributed by atoms with Gasteiger partial charge in [-0.2, -0.15) is 0 Å². The number of primary amides is 2. The molecular formula is C12H15IN2O4. The van der Waals surface area contributed by atoms with E-state index in [1.54, 1.807) is 32.0 Å². The van der Waals surface area contributed by atoms with Crippen LogP contribution >= 0.6 is 22.6 Å². The van der Waals surface area contributed by atoms with Gasteiger partial charge in [0.1, 0.15) is 11.5 Å². The van der Waals surface area contributed by atoms with Crippen LogP contribution in [0.15, 0.2) is 18.2 Å². The SMILES string of the molecule is C[C@@H](Oc1cccc(O[C@H](C)C(N)=O)c1I)C(N)=O. The minimum atomic E-state index is -0.752. The van der Waals surface area contributed by atoms with Crippen molar-refractivity contribution in [2.24, 2.45) is 11.5 Å². The number of halogens is 1. The molecule has 2 amide bonds. The zero-order chi connectivity index (χ0) is 14.6. The van der Waals surface area contributed by atoms with Crippen LogP contribution in [-0.2, 0) is 9.59 Å². The van der Waals surface area contributed by atoms with Crippen LogP contribution in [0.4, 0.5) is 0 Å². The van der Waals surface area contributed by atoms with Gasteiger partial charge in [0.15, 0.2) is 12.2 Å². The summed E-state index contributed by atoms with van der Waals surface area (Å²) in [6.45, 7) is 3.11. The lowest BCUT2D eigenvalue weighted by Crippen LogP contribution is -2.31. The fourth-order valence-corrected chi connectivity index (χ4v) is 1.78. The van der Waals surface area contributed by atoms with E-state index in [0.29, 0.717) is 15.1 Å². The second-order valence-electron chi connectivity index (χ2n) is 3.89. The van der Waals surface area contributed by atoms with E-state index in [1.165, 1.54) is 0 Å². The Bertz CT molecular complexity index is 452. The number of benzene rings is 1. The van der Waals surface area contributed by atoms with E-state index in [-0.39, 0.29) is 0 Å². The molecule has 0 aliphatic rings. The average molecular weight is 378 g/mol. The zero-order valence-electron chi connectivity index (χ0n) is 10.6. The van der Waals surface area contributed by atoms with Crippen molar-refractivity contribution in [3.63, 3.8) is 0 Å². The summed E-state index contributed by atoms with van der Waals surface area (Å²) in [6.07, 6.45) is -1.50. The highest BCUT2D eigenvalue weighted by Crippen LogP contribution is 2.31. The number of carbonyl (C=O) groups excluding carboxylic acids is 2. The van der Waals surface area contributed by atoms with E-state index in [4.69, 9.17) is 20.9 Å². The molecule has 0 unspecified atom stereocenters. The predicted octanol–water partition coefficient (Wildman–Crippen LogP) is 0.796. The van der Waals surface area contributed by atoms with Crippen LogP contribution < -0.4 is 20.9 Å². The van der Waals surface area contributed by atoms with Gasteiger partial charge >= 0.3 is 0 Å². The van der Waals surface area contributed by atoms with Gasteiger partial charge < -0.3 is 20.9 Å².